The van der Waals surface area contributed by atoms with Gasteiger partial charge in [-0.25, -0.2) is 4.98 Å². The topological polar surface area (TPSA) is 54.0 Å². The van der Waals surface area contributed by atoms with E-state index in [1.807, 2.05) is 19.1 Å². The largest absolute Gasteiger partial charge is 0.317 e. The van der Waals surface area contributed by atoms with Gasteiger partial charge in [0.25, 0.3) is 0 Å². The Kier molecular flexibility index (Phi) is 7.91. The van der Waals surface area contributed by atoms with Crippen LogP contribution in [0.5, 0.6) is 0 Å². The molecular formula is C12H19Cl2N3O. The summed E-state index contributed by atoms with van der Waals surface area (Å²) in [6.07, 6.45) is 3.53. The summed E-state index contributed by atoms with van der Waals surface area (Å²) in [5, 5.41) is 6.15. The van der Waals surface area contributed by atoms with Crippen LogP contribution in [0.15, 0.2) is 18.3 Å². The van der Waals surface area contributed by atoms with Crippen molar-refractivity contribution in [3.05, 3.63) is 23.9 Å². The van der Waals surface area contributed by atoms with Crippen LogP contribution in [0, 0.1) is 12.8 Å². The number of nitrogens with one attached hydrogen (secondary N) is 2. The summed E-state index contributed by atoms with van der Waals surface area (Å²) in [5.41, 5.74) is 1.00. The van der Waals surface area contributed by atoms with Crippen molar-refractivity contribution in [3.63, 3.8) is 0 Å². The predicted molar refractivity (Wildman–Crippen MR) is 77.7 cm³/mol. The SMILES string of the molecule is Cc1cccnc1NC(=O)C1CCNCC1.Cl.Cl. The highest BCUT2D eigenvalue weighted by Crippen LogP contribution is 2.16. The fourth-order valence-corrected chi connectivity index (χ4v) is 1.92. The highest BCUT2D eigenvalue weighted by molar-refractivity contribution is 5.92. The molecule has 1 aromatic rings. The molecule has 1 amide bonds. The lowest BCUT2D eigenvalue weighted by molar-refractivity contribution is -0.120. The Hall–Kier alpha value is -0.840. The minimum absolute atomic E-state index is 0. The molecule has 0 aromatic carbocycles. The molecule has 1 aromatic heterocycles. The van der Waals surface area contributed by atoms with Crippen molar-refractivity contribution >= 4 is 36.5 Å². The Morgan fingerprint density at radius 3 is 2.67 bits per heavy atom. The standard InChI is InChI=1S/C12H17N3O.2ClH/c1-9-3-2-6-14-11(9)15-12(16)10-4-7-13-8-5-10;;/h2-3,6,10,13H,4-5,7-8H2,1H3,(H,14,15,16);2*1H. The molecular weight excluding hydrogens is 273 g/mol. The highest BCUT2D eigenvalue weighted by Gasteiger charge is 2.21. The third-order valence-electron chi connectivity index (χ3n) is 2.96. The van der Waals surface area contributed by atoms with Crippen molar-refractivity contribution in [1.29, 1.82) is 0 Å². The van der Waals surface area contributed by atoms with Crippen LogP contribution in [-0.4, -0.2) is 24.0 Å². The van der Waals surface area contributed by atoms with Gasteiger partial charge in [0.05, 0.1) is 0 Å². The van der Waals surface area contributed by atoms with Crippen LogP contribution in [0.3, 0.4) is 0 Å². The minimum atomic E-state index is 0. The van der Waals surface area contributed by atoms with E-state index in [0.717, 1.165) is 31.5 Å². The Morgan fingerprint density at radius 1 is 1.39 bits per heavy atom. The van der Waals surface area contributed by atoms with E-state index in [1.165, 1.54) is 0 Å². The van der Waals surface area contributed by atoms with Gasteiger partial charge in [0.1, 0.15) is 5.82 Å². The summed E-state index contributed by atoms with van der Waals surface area (Å²) in [6.45, 7) is 3.81. The lowest BCUT2D eigenvalue weighted by Crippen LogP contribution is -2.34. The van der Waals surface area contributed by atoms with Crippen LogP contribution in [0.25, 0.3) is 0 Å². The Morgan fingerprint density at radius 2 is 2.06 bits per heavy atom. The molecule has 0 saturated carbocycles. The van der Waals surface area contributed by atoms with Crippen LogP contribution >= 0.6 is 24.8 Å². The number of pyridine rings is 1. The first-order valence-corrected chi connectivity index (χ1v) is 5.70. The maximum atomic E-state index is 11.9. The molecule has 1 saturated heterocycles. The van der Waals surface area contributed by atoms with Gasteiger partial charge in [0, 0.05) is 12.1 Å². The third kappa shape index (κ3) is 4.44. The number of rotatable bonds is 2. The lowest BCUT2D eigenvalue weighted by atomic mass is 9.97. The number of halogens is 2. The van der Waals surface area contributed by atoms with Crippen molar-refractivity contribution < 1.29 is 4.79 Å². The molecule has 2 N–H and O–H groups in total. The minimum Gasteiger partial charge on any atom is -0.317 e. The molecule has 0 bridgehead atoms. The molecule has 1 aliphatic rings. The van der Waals surface area contributed by atoms with E-state index in [9.17, 15) is 4.79 Å². The summed E-state index contributed by atoms with van der Waals surface area (Å²) < 4.78 is 0. The van der Waals surface area contributed by atoms with Crippen LogP contribution in [0.1, 0.15) is 18.4 Å². The number of carbonyl (C=O) groups excluding carboxylic acids is 1. The van der Waals surface area contributed by atoms with Gasteiger partial charge in [-0.15, -0.1) is 24.8 Å². The fourth-order valence-electron chi connectivity index (χ4n) is 1.92. The summed E-state index contributed by atoms with van der Waals surface area (Å²) in [4.78, 5) is 16.1. The number of hydrogen-bond acceptors (Lipinski definition) is 3. The Balaban J connectivity index is 0.00000144. The average molecular weight is 292 g/mol. The zero-order chi connectivity index (χ0) is 11.4. The van der Waals surface area contributed by atoms with E-state index in [-0.39, 0.29) is 36.6 Å². The third-order valence-corrected chi connectivity index (χ3v) is 2.96. The van der Waals surface area contributed by atoms with Crippen LogP contribution in [0.4, 0.5) is 5.82 Å². The molecule has 102 valence electrons. The van der Waals surface area contributed by atoms with Gasteiger partial charge in [-0.3, -0.25) is 4.79 Å². The monoisotopic (exact) mass is 291 g/mol. The Labute approximate surface area is 120 Å². The van der Waals surface area contributed by atoms with Crippen molar-refractivity contribution in [2.75, 3.05) is 18.4 Å². The number of aryl methyl sites for hydroxylation is 1. The van der Waals surface area contributed by atoms with E-state index >= 15 is 0 Å². The van der Waals surface area contributed by atoms with Gasteiger partial charge in [-0.05, 0) is 44.5 Å². The summed E-state index contributed by atoms with van der Waals surface area (Å²) in [7, 11) is 0. The number of nitrogens with zero attached hydrogens (tertiary/aromatic N) is 1. The lowest BCUT2D eigenvalue weighted by Gasteiger charge is -2.21. The molecule has 1 fully saturated rings. The van der Waals surface area contributed by atoms with E-state index in [0.29, 0.717) is 5.82 Å². The number of piperidine rings is 1. The molecule has 6 heteroatoms. The second kappa shape index (κ2) is 8.29. The van der Waals surface area contributed by atoms with E-state index < -0.39 is 0 Å². The van der Waals surface area contributed by atoms with Crippen LogP contribution in [-0.2, 0) is 4.79 Å². The molecule has 2 heterocycles. The first-order valence-electron chi connectivity index (χ1n) is 5.70. The second-order valence-electron chi connectivity index (χ2n) is 4.18. The molecule has 0 spiro atoms. The van der Waals surface area contributed by atoms with Crippen LogP contribution < -0.4 is 10.6 Å². The summed E-state index contributed by atoms with van der Waals surface area (Å²) in [5.74, 6) is 0.914. The zero-order valence-electron chi connectivity index (χ0n) is 10.3. The molecule has 1 aliphatic heterocycles. The molecule has 2 rings (SSSR count). The number of aromatic nitrogens is 1. The summed E-state index contributed by atoms with van der Waals surface area (Å²) in [6, 6.07) is 3.82. The molecule has 0 aliphatic carbocycles. The van der Waals surface area contributed by atoms with Gasteiger partial charge in [0.2, 0.25) is 5.91 Å². The fraction of sp³-hybridized carbons (Fsp3) is 0.500. The second-order valence-corrected chi connectivity index (χ2v) is 4.18. The quantitative estimate of drug-likeness (QED) is 0.878. The van der Waals surface area contributed by atoms with Gasteiger partial charge in [0.15, 0.2) is 0 Å². The van der Waals surface area contributed by atoms with Gasteiger partial charge in [-0.2, -0.15) is 0 Å². The molecule has 0 atom stereocenters. The number of hydrogen-bond donors (Lipinski definition) is 2. The maximum Gasteiger partial charge on any atom is 0.228 e. The molecule has 0 radical (unpaired) electrons. The van der Waals surface area contributed by atoms with Crippen molar-refractivity contribution in [3.8, 4) is 0 Å². The number of carbonyl (C=O) groups is 1. The van der Waals surface area contributed by atoms with Crippen molar-refractivity contribution in [2.24, 2.45) is 5.92 Å². The van der Waals surface area contributed by atoms with Gasteiger partial charge < -0.3 is 10.6 Å². The molecule has 0 unspecified atom stereocenters. The average Bonchev–Trinajstić information content (AvgIpc) is 2.33. The van der Waals surface area contributed by atoms with Gasteiger partial charge in [-0.1, -0.05) is 6.07 Å². The first-order chi connectivity index (χ1) is 7.77. The van der Waals surface area contributed by atoms with Crippen molar-refractivity contribution in [1.82, 2.24) is 10.3 Å². The predicted octanol–water partition coefficient (Wildman–Crippen LogP) is 2.17. The maximum absolute atomic E-state index is 11.9. The number of amides is 1. The smallest absolute Gasteiger partial charge is 0.228 e. The molecule has 18 heavy (non-hydrogen) atoms. The van der Waals surface area contributed by atoms with E-state index in [1.54, 1.807) is 6.20 Å². The van der Waals surface area contributed by atoms with Gasteiger partial charge >= 0.3 is 0 Å². The number of anilines is 1. The van der Waals surface area contributed by atoms with Crippen molar-refractivity contribution in [2.45, 2.75) is 19.8 Å². The van der Waals surface area contributed by atoms with Crippen LogP contribution in [0.2, 0.25) is 0 Å². The summed E-state index contributed by atoms with van der Waals surface area (Å²) >= 11 is 0. The highest BCUT2D eigenvalue weighted by atomic mass is 35.5. The zero-order valence-corrected chi connectivity index (χ0v) is 11.9. The Bertz CT molecular complexity index is 381. The van der Waals surface area contributed by atoms with E-state index in [2.05, 4.69) is 15.6 Å². The molecule has 4 nitrogen and oxygen atoms in total. The van der Waals surface area contributed by atoms with E-state index in [4.69, 9.17) is 0 Å². The first kappa shape index (κ1) is 17.2. The normalized spacial score (nSPS) is 15.2.